The summed E-state index contributed by atoms with van der Waals surface area (Å²) in [5, 5.41) is 12.9. The number of hydrogen-bond acceptors (Lipinski definition) is 6. The second kappa shape index (κ2) is 15.4. The van der Waals surface area contributed by atoms with Crippen LogP contribution in [0.3, 0.4) is 0 Å². The topological polar surface area (TPSA) is 89.4 Å². The summed E-state index contributed by atoms with van der Waals surface area (Å²) >= 11 is 6.39. The Labute approximate surface area is 269 Å². The highest BCUT2D eigenvalue weighted by atomic mass is 35.5. The zero-order chi connectivity index (χ0) is 31.5. The number of carbonyl (C=O) groups is 1. The zero-order valence-corrected chi connectivity index (χ0v) is 26.0. The van der Waals surface area contributed by atoms with E-state index in [4.69, 9.17) is 35.9 Å². The Balaban J connectivity index is 1.51. The van der Waals surface area contributed by atoms with Gasteiger partial charge in [0.05, 0.1) is 13.7 Å². The van der Waals surface area contributed by atoms with Gasteiger partial charge in [-0.1, -0.05) is 84.4 Å². The van der Waals surface area contributed by atoms with Gasteiger partial charge in [0.15, 0.2) is 11.6 Å². The molecule has 4 aromatic rings. The predicted molar refractivity (Wildman–Crippen MR) is 178 cm³/mol. The maximum atomic E-state index is 14.4. The van der Waals surface area contributed by atoms with Gasteiger partial charge in [0.1, 0.15) is 11.5 Å². The minimum atomic E-state index is -1.32. The summed E-state index contributed by atoms with van der Waals surface area (Å²) in [6.07, 6.45) is 4.64. The molecule has 1 amide bonds. The average Bonchev–Trinajstić information content (AvgIpc) is 3.47. The van der Waals surface area contributed by atoms with Crippen molar-refractivity contribution in [1.29, 1.82) is 0 Å². The van der Waals surface area contributed by atoms with Crippen molar-refractivity contribution in [3.05, 3.63) is 136 Å². The largest absolute Gasteiger partial charge is 0.497 e. The Morgan fingerprint density at radius 3 is 2.53 bits per heavy atom. The van der Waals surface area contributed by atoms with Crippen molar-refractivity contribution in [2.24, 2.45) is 4.99 Å². The molecule has 1 aliphatic rings. The molecule has 2 N–H and O–H groups in total. The van der Waals surface area contributed by atoms with E-state index in [1.54, 1.807) is 7.11 Å². The molecule has 0 bridgehead atoms. The van der Waals surface area contributed by atoms with Gasteiger partial charge in [-0.25, -0.2) is 4.99 Å². The summed E-state index contributed by atoms with van der Waals surface area (Å²) in [6.45, 7) is 0.856. The number of aliphatic hydroxyl groups excluding tert-OH is 1. The molecule has 4 aromatic carbocycles. The number of aliphatic imine (C=N–C) groups is 1. The minimum absolute atomic E-state index is 0.0651. The van der Waals surface area contributed by atoms with Gasteiger partial charge in [0.25, 0.3) is 5.91 Å². The number of halogens is 1. The highest BCUT2D eigenvalue weighted by Gasteiger charge is 2.52. The van der Waals surface area contributed by atoms with E-state index >= 15 is 0 Å². The molecule has 0 radical (unpaired) electrons. The molecule has 2 atom stereocenters. The third kappa shape index (κ3) is 7.93. The van der Waals surface area contributed by atoms with Crippen molar-refractivity contribution >= 4 is 29.5 Å². The Hall–Kier alpha value is -4.59. The fourth-order valence-corrected chi connectivity index (χ4v) is 5.45. The molecule has 0 fully saturated rings. The molecule has 232 valence electrons. The molecule has 8 heteroatoms. The Kier molecular flexibility index (Phi) is 10.9. The molecule has 1 heterocycles. The normalized spacial score (nSPS) is 17.5. The van der Waals surface area contributed by atoms with Crippen LogP contribution in [0, 0.1) is 0 Å². The van der Waals surface area contributed by atoms with E-state index in [0.29, 0.717) is 48.4 Å². The van der Waals surface area contributed by atoms with Crippen molar-refractivity contribution in [3.8, 4) is 11.5 Å². The smallest absolute Gasteiger partial charge is 0.252 e. The van der Waals surface area contributed by atoms with E-state index in [-0.39, 0.29) is 18.9 Å². The van der Waals surface area contributed by atoms with Crippen molar-refractivity contribution in [2.75, 3.05) is 26.9 Å². The molecule has 0 spiro atoms. The van der Waals surface area contributed by atoms with Gasteiger partial charge < -0.3 is 24.6 Å². The molecular formula is C37H37ClN2O5. The number of amides is 1. The Morgan fingerprint density at radius 2 is 1.78 bits per heavy atom. The molecule has 5 rings (SSSR count). The maximum absolute atomic E-state index is 14.4. The number of aliphatic hydroxyl groups is 1. The quantitative estimate of drug-likeness (QED) is 0.150. The first-order chi connectivity index (χ1) is 22.0. The highest BCUT2D eigenvalue weighted by Crippen LogP contribution is 2.43. The fraction of sp³-hybridized carbons (Fsp3) is 0.243. The first kappa shape index (κ1) is 31.8. The number of benzene rings is 4. The van der Waals surface area contributed by atoms with Crippen LogP contribution in [-0.2, 0) is 16.0 Å². The van der Waals surface area contributed by atoms with E-state index in [1.807, 2.05) is 115 Å². The molecule has 0 aromatic heterocycles. The van der Waals surface area contributed by atoms with Gasteiger partial charge in [-0.3, -0.25) is 4.79 Å². The predicted octanol–water partition coefficient (Wildman–Crippen LogP) is 6.83. The van der Waals surface area contributed by atoms with Crippen molar-refractivity contribution in [3.63, 3.8) is 0 Å². The van der Waals surface area contributed by atoms with Crippen LogP contribution in [0.1, 0.15) is 41.2 Å². The minimum Gasteiger partial charge on any atom is -0.497 e. The van der Waals surface area contributed by atoms with E-state index < -0.39 is 11.6 Å². The Morgan fingerprint density at radius 1 is 1.00 bits per heavy atom. The van der Waals surface area contributed by atoms with Crippen LogP contribution in [0.5, 0.6) is 11.5 Å². The first-order valence-electron chi connectivity index (χ1n) is 15.0. The lowest BCUT2D eigenvalue weighted by Gasteiger charge is -2.30. The van der Waals surface area contributed by atoms with Crippen LogP contribution < -0.4 is 14.8 Å². The lowest BCUT2D eigenvalue weighted by Crippen LogP contribution is -2.48. The second-order valence-corrected chi connectivity index (χ2v) is 11.1. The van der Waals surface area contributed by atoms with Crippen LogP contribution in [0.4, 0.5) is 0 Å². The lowest BCUT2D eigenvalue weighted by molar-refractivity contribution is -0.128. The molecule has 45 heavy (non-hydrogen) atoms. The SMILES string of the molecule is COc1cccc([C@H]2OC(c3ccc(OCCCO)cc3)=N[C@@]2(C/C=C/c2ccccc2)C(=O)NCCc2ccccc2Cl)c1. The number of rotatable bonds is 14. The maximum Gasteiger partial charge on any atom is 0.252 e. The number of nitrogens with one attached hydrogen (secondary N) is 1. The molecule has 0 saturated carbocycles. The summed E-state index contributed by atoms with van der Waals surface area (Å²) in [4.78, 5) is 19.4. The summed E-state index contributed by atoms with van der Waals surface area (Å²) < 4.78 is 17.8. The van der Waals surface area contributed by atoms with E-state index in [1.165, 1.54) is 0 Å². The third-order valence-corrected chi connectivity index (χ3v) is 7.97. The van der Waals surface area contributed by atoms with E-state index in [9.17, 15) is 4.79 Å². The van der Waals surface area contributed by atoms with Gasteiger partial charge >= 0.3 is 0 Å². The second-order valence-electron chi connectivity index (χ2n) is 10.7. The van der Waals surface area contributed by atoms with Crippen LogP contribution in [0.2, 0.25) is 5.02 Å². The van der Waals surface area contributed by atoms with Gasteiger partial charge in [-0.05, 0) is 65.6 Å². The Bertz CT molecular complexity index is 1620. The lowest BCUT2D eigenvalue weighted by atomic mass is 9.84. The van der Waals surface area contributed by atoms with Crippen LogP contribution in [0.25, 0.3) is 6.08 Å². The standard InChI is InChI=1S/C37H37ClN2O5/c1-43-32-15-7-14-30(26-32)34-37(22-8-12-27-10-3-2-4-11-27,36(42)39-23-21-28-13-5-6-16-33(28)38)40-35(45-34)29-17-19-31(20-18-29)44-25-9-24-41/h2-8,10-20,26,34,41H,9,21-25H2,1H3,(H,39,42)/b12-8+/t34-,37-/m1/s1. The molecule has 0 unspecified atom stereocenters. The summed E-state index contributed by atoms with van der Waals surface area (Å²) in [6, 6.07) is 32.5. The molecule has 0 aliphatic carbocycles. The molecule has 1 aliphatic heterocycles. The van der Waals surface area contributed by atoms with Crippen molar-refractivity contribution in [2.45, 2.75) is 30.9 Å². The van der Waals surface area contributed by atoms with Gasteiger partial charge in [0, 0.05) is 36.6 Å². The number of methoxy groups -OCH3 is 1. The van der Waals surface area contributed by atoms with Gasteiger partial charge in [-0.15, -0.1) is 0 Å². The van der Waals surface area contributed by atoms with Gasteiger partial charge in [0.2, 0.25) is 5.90 Å². The first-order valence-corrected chi connectivity index (χ1v) is 15.4. The van der Waals surface area contributed by atoms with Gasteiger partial charge in [-0.2, -0.15) is 0 Å². The zero-order valence-electron chi connectivity index (χ0n) is 25.2. The monoisotopic (exact) mass is 624 g/mol. The van der Waals surface area contributed by atoms with Crippen LogP contribution >= 0.6 is 11.6 Å². The summed E-state index contributed by atoms with van der Waals surface area (Å²) in [5.41, 5.74) is 2.14. The van der Waals surface area contributed by atoms with Crippen molar-refractivity contribution in [1.82, 2.24) is 5.32 Å². The molecular weight excluding hydrogens is 588 g/mol. The summed E-state index contributed by atoms with van der Waals surface area (Å²) in [7, 11) is 1.61. The van der Waals surface area contributed by atoms with Crippen LogP contribution in [-0.4, -0.2) is 49.3 Å². The highest BCUT2D eigenvalue weighted by molar-refractivity contribution is 6.31. The number of hydrogen-bond donors (Lipinski definition) is 2. The van der Waals surface area contributed by atoms with E-state index in [2.05, 4.69) is 5.32 Å². The van der Waals surface area contributed by atoms with E-state index in [0.717, 1.165) is 22.3 Å². The third-order valence-electron chi connectivity index (χ3n) is 7.60. The average molecular weight is 625 g/mol. The molecule has 7 nitrogen and oxygen atoms in total. The molecule has 0 saturated heterocycles. The van der Waals surface area contributed by atoms with Crippen molar-refractivity contribution < 1.29 is 24.1 Å². The summed E-state index contributed by atoms with van der Waals surface area (Å²) in [5.74, 6) is 1.43. The fourth-order valence-electron chi connectivity index (χ4n) is 5.22. The number of nitrogens with zero attached hydrogens (tertiary/aromatic N) is 1. The van der Waals surface area contributed by atoms with Crippen LogP contribution in [0.15, 0.2) is 114 Å². The number of carbonyl (C=O) groups excluding carboxylic acids is 1. The number of ether oxygens (including phenoxy) is 3.